The molecule has 2 aromatic heterocycles. The Morgan fingerprint density at radius 1 is 1.29 bits per heavy atom. The van der Waals surface area contributed by atoms with Gasteiger partial charge in [0.25, 0.3) is 0 Å². The average molecular weight is 446 g/mol. The standard InChI is InChI=1S/C18H19FN4S.C4H9NO2/c19-15-10-13(23-18-20-8-9-21-18)6-7-14(15)16-11-22-17(24-16)12-4-2-1-3-5-12;1-3(2)7-4(5)6/h6-12H,1-5H2,(H2,20,21,23);3H,1-2H3,(H2,5,6). The first-order valence-corrected chi connectivity index (χ1v) is 11.2. The van der Waals surface area contributed by atoms with Crippen LogP contribution in [0, 0.1) is 5.82 Å². The van der Waals surface area contributed by atoms with E-state index in [0.717, 1.165) is 9.88 Å². The Kier molecular flexibility index (Phi) is 8.00. The zero-order valence-electron chi connectivity index (χ0n) is 17.7. The van der Waals surface area contributed by atoms with Crippen molar-refractivity contribution >= 4 is 29.1 Å². The first kappa shape index (κ1) is 22.7. The van der Waals surface area contributed by atoms with Crippen LogP contribution >= 0.6 is 11.3 Å². The lowest BCUT2D eigenvalue weighted by Gasteiger charge is -2.18. The number of halogens is 1. The van der Waals surface area contributed by atoms with Gasteiger partial charge in [0.15, 0.2) is 0 Å². The zero-order chi connectivity index (χ0) is 22.2. The van der Waals surface area contributed by atoms with Gasteiger partial charge in [0.2, 0.25) is 5.95 Å². The second-order valence-corrected chi connectivity index (χ2v) is 8.70. The van der Waals surface area contributed by atoms with Crippen molar-refractivity contribution in [3.05, 3.63) is 47.6 Å². The molecule has 9 heteroatoms. The predicted octanol–water partition coefficient (Wildman–Crippen LogP) is 5.95. The van der Waals surface area contributed by atoms with Gasteiger partial charge >= 0.3 is 6.09 Å². The molecule has 1 amide bonds. The van der Waals surface area contributed by atoms with E-state index in [4.69, 9.17) is 0 Å². The summed E-state index contributed by atoms with van der Waals surface area (Å²) in [5.41, 5.74) is 5.91. The minimum atomic E-state index is -0.713. The van der Waals surface area contributed by atoms with Crippen LogP contribution in [0.4, 0.5) is 20.8 Å². The van der Waals surface area contributed by atoms with Gasteiger partial charge < -0.3 is 20.8 Å². The van der Waals surface area contributed by atoms with Gasteiger partial charge in [-0.15, -0.1) is 11.3 Å². The average Bonchev–Trinajstić information content (AvgIpc) is 3.40. The third kappa shape index (κ3) is 6.78. The summed E-state index contributed by atoms with van der Waals surface area (Å²) in [6.45, 7) is 3.48. The van der Waals surface area contributed by atoms with Crippen molar-refractivity contribution in [2.45, 2.75) is 58.0 Å². The van der Waals surface area contributed by atoms with E-state index in [1.807, 2.05) is 12.3 Å². The zero-order valence-corrected chi connectivity index (χ0v) is 18.5. The van der Waals surface area contributed by atoms with Crippen molar-refractivity contribution in [3.63, 3.8) is 0 Å². The maximum atomic E-state index is 14.5. The predicted molar refractivity (Wildman–Crippen MR) is 121 cm³/mol. The van der Waals surface area contributed by atoms with Crippen molar-refractivity contribution in [1.29, 1.82) is 0 Å². The fourth-order valence-corrected chi connectivity index (χ4v) is 4.56. The number of carbonyl (C=O) groups is 1. The normalized spacial score (nSPS) is 14.1. The molecule has 0 saturated heterocycles. The number of imidazole rings is 1. The largest absolute Gasteiger partial charge is 0.447 e. The van der Waals surface area contributed by atoms with Crippen LogP contribution < -0.4 is 11.1 Å². The van der Waals surface area contributed by atoms with Crippen LogP contribution in [0.3, 0.4) is 0 Å². The first-order chi connectivity index (χ1) is 14.9. The summed E-state index contributed by atoms with van der Waals surface area (Å²) < 4.78 is 18.9. The van der Waals surface area contributed by atoms with Crippen molar-refractivity contribution < 1.29 is 13.9 Å². The van der Waals surface area contributed by atoms with E-state index in [9.17, 15) is 9.18 Å². The molecule has 1 aliphatic carbocycles. The Labute approximate surface area is 185 Å². The molecule has 1 aromatic carbocycles. The summed E-state index contributed by atoms with van der Waals surface area (Å²) in [5.74, 6) is 0.908. The van der Waals surface area contributed by atoms with Crippen molar-refractivity contribution in [3.8, 4) is 10.4 Å². The molecule has 0 spiro atoms. The molecule has 166 valence electrons. The number of H-pyrrole nitrogens is 1. The monoisotopic (exact) mass is 445 g/mol. The Bertz CT molecular complexity index is 968. The highest BCUT2D eigenvalue weighted by Gasteiger charge is 2.20. The highest BCUT2D eigenvalue weighted by molar-refractivity contribution is 7.15. The number of ether oxygens (including phenoxy) is 1. The minimum absolute atomic E-state index is 0.0995. The fourth-order valence-electron chi connectivity index (χ4n) is 3.45. The molecule has 0 bridgehead atoms. The number of benzene rings is 1. The number of hydrogen-bond acceptors (Lipinski definition) is 6. The number of nitrogens with two attached hydrogens (primary N) is 1. The van der Waals surface area contributed by atoms with Crippen LogP contribution in [0.5, 0.6) is 0 Å². The van der Waals surface area contributed by atoms with Crippen LogP contribution in [0.15, 0.2) is 36.8 Å². The van der Waals surface area contributed by atoms with E-state index in [2.05, 4.69) is 30.7 Å². The molecule has 1 aliphatic rings. The van der Waals surface area contributed by atoms with E-state index in [-0.39, 0.29) is 11.9 Å². The summed E-state index contributed by atoms with van der Waals surface area (Å²) in [4.78, 5) is 22.3. The molecule has 3 aromatic rings. The van der Waals surface area contributed by atoms with Gasteiger partial charge in [-0.25, -0.2) is 19.2 Å². The quantitative estimate of drug-likeness (QED) is 0.450. The summed E-state index contributed by atoms with van der Waals surface area (Å²) in [7, 11) is 0. The molecule has 2 heterocycles. The highest BCUT2D eigenvalue weighted by Crippen LogP contribution is 2.38. The maximum Gasteiger partial charge on any atom is 0.404 e. The van der Waals surface area contributed by atoms with E-state index in [1.54, 1.807) is 43.6 Å². The summed E-state index contributed by atoms with van der Waals surface area (Å²) in [5, 5.41) is 4.20. The number of carbonyl (C=O) groups excluding carboxylic acids is 1. The Balaban J connectivity index is 0.000000339. The number of rotatable bonds is 5. The molecule has 0 radical (unpaired) electrons. The van der Waals surface area contributed by atoms with Crippen LogP contribution in [0.25, 0.3) is 10.4 Å². The first-order valence-electron chi connectivity index (χ1n) is 10.4. The topological polar surface area (TPSA) is 106 Å². The summed E-state index contributed by atoms with van der Waals surface area (Å²) in [6, 6.07) is 5.16. The van der Waals surface area contributed by atoms with Gasteiger partial charge in [0, 0.05) is 35.8 Å². The Morgan fingerprint density at radius 3 is 2.65 bits per heavy atom. The number of aromatic amines is 1. The van der Waals surface area contributed by atoms with Gasteiger partial charge in [0.1, 0.15) is 5.82 Å². The fraction of sp³-hybridized carbons (Fsp3) is 0.409. The van der Waals surface area contributed by atoms with Crippen LogP contribution in [0.2, 0.25) is 0 Å². The van der Waals surface area contributed by atoms with Gasteiger partial charge in [-0.3, -0.25) is 0 Å². The number of anilines is 2. The molecule has 0 unspecified atom stereocenters. The Hall–Kier alpha value is -2.94. The van der Waals surface area contributed by atoms with Crippen LogP contribution in [-0.2, 0) is 4.74 Å². The number of thiazole rings is 1. The summed E-state index contributed by atoms with van der Waals surface area (Å²) in [6.07, 6.45) is 10.7. The molecule has 4 N–H and O–H groups in total. The third-order valence-corrected chi connectivity index (χ3v) is 6.02. The molecule has 7 nitrogen and oxygen atoms in total. The van der Waals surface area contributed by atoms with Crippen LogP contribution in [0.1, 0.15) is 56.9 Å². The molecular formula is C22H28FN5O2S. The number of aromatic nitrogens is 3. The molecule has 1 fully saturated rings. The van der Waals surface area contributed by atoms with Crippen molar-refractivity contribution in [2.24, 2.45) is 5.73 Å². The van der Waals surface area contributed by atoms with E-state index in [1.165, 1.54) is 38.2 Å². The van der Waals surface area contributed by atoms with Crippen molar-refractivity contribution in [2.75, 3.05) is 5.32 Å². The third-order valence-electron chi connectivity index (χ3n) is 4.83. The SMILES string of the molecule is CC(C)OC(N)=O.Fc1cc(Nc2ncc[nH]2)ccc1-c1cnc(C2CCCCC2)s1. The molecular weight excluding hydrogens is 417 g/mol. The summed E-state index contributed by atoms with van der Waals surface area (Å²) >= 11 is 1.63. The van der Waals surface area contributed by atoms with E-state index >= 15 is 0 Å². The van der Waals surface area contributed by atoms with Gasteiger partial charge in [0.05, 0.1) is 16.0 Å². The lowest BCUT2D eigenvalue weighted by Crippen LogP contribution is -2.17. The van der Waals surface area contributed by atoms with Gasteiger partial charge in [-0.2, -0.15) is 0 Å². The molecule has 31 heavy (non-hydrogen) atoms. The number of amides is 1. The maximum absolute atomic E-state index is 14.5. The van der Waals surface area contributed by atoms with Gasteiger partial charge in [-0.1, -0.05) is 19.3 Å². The van der Waals surface area contributed by atoms with E-state index < -0.39 is 6.09 Å². The lowest BCUT2D eigenvalue weighted by molar-refractivity contribution is 0.125. The van der Waals surface area contributed by atoms with Crippen LogP contribution in [-0.4, -0.2) is 27.1 Å². The minimum Gasteiger partial charge on any atom is -0.447 e. The molecule has 0 atom stereocenters. The van der Waals surface area contributed by atoms with Gasteiger partial charge in [-0.05, 0) is 44.9 Å². The number of primary amides is 1. The molecule has 1 saturated carbocycles. The van der Waals surface area contributed by atoms with E-state index in [0.29, 0.717) is 23.1 Å². The second-order valence-electron chi connectivity index (χ2n) is 7.64. The smallest absolute Gasteiger partial charge is 0.404 e. The van der Waals surface area contributed by atoms with Crippen molar-refractivity contribution in [1.82, 2.24) is 15.0 Å². The number of nitrogens with zero attached hydrogens (tertiary/aromatic N) is 2. The number of nitrogens with one attached hydrogen (secondary N) is 2. The molecule has 0 aliphatic heterocycles. The Morgan fingerprint density at radius 2 is 2.06 bits per heavy atom. The molecule has 4 rings (SSSR count). The lowest BCUT2D eigenvalue weighted by atomic mass is 9.90. The number of hydrogen-bond donors (Lipinski definition) is 3. The highest BCUT2D eigenvalue weighted by atomic mass is 32.1. The second kappa shape index (κ2) is 10.9.